The van der Waals surface area contributed by atoms with E-state index in [0.717, 1.165) is 38.5 Å². The molecule has 1 aliphatic carbocycles. The number of ether oxygens (including phenoxy) is 2. The minimum Gasteiger partial charge on any atom is -0.462 e. The molecule has 1 aliphatic rings. The highest BCUT2D eigenvalue weighted by molar-refractivity contribution is 7.47. The molecule has 6 atom stereocenters. The molecule has 0 bridgehead atoms. The van der Waals surface area contributed by atoms with E-state index in [1.807, 2.05) is 12.2 Å². The van der Waals surface area contributed by atoms with Crippen LogP contribution in [0.1, 0.15) is 194 Å². The van der Waals surface area contributed by atoms with E-state index in [2.05, 4.69) is 38.2 Å². The maximum absolute atomic E-state index is 12.8. The zero-order valence-corrected chi connectivity index (χ0v) is 38.6. The fraction of sp³-hybridized carbons (Fsp3) is 0.830. The van der Waals surface area contributed by atoms with Crippen LogP contribution in [0.15, 0.2) is 36.5 Å². The number of allylic oxidation sites excluding steroid dienone is 6. The summed E-state index contributed by atoms with van der Waals surface area (Å²) in [6, 6.07) is 0. The number of phosphoric ester groups is 1. The Kier molecular flexibility index (Phi) is 35.0. The highest BCUT2D eigenvalue weighted by Gasteiger charge is 2.51. The Labute approximate surface area is 368 Å². The van der Waals surface area contributed by atoms with Crippen LogP contribution in [0.5, 0.6) is 0 Å². The number of unbranched alkanes of at least 4 members (excludes halogenated alkanes) is 21. The molecule has 0 aromatic carbocycles. The van der Waals surface area contributed by atoms with Gasteiger partial charge in [-0.15, -0.1) is 0 Å². The molecule has 0 aromatic rings. The van der Waals surface area contributed by atoms with E-state index >= 15 is 0 Å². The molecule has 0 spiro atoms. The molecule has 13 nitrogen and oxygen atoms in total. The van der Waals surface area contributed by atoms with Gasteiger partial charge >= 0.3 is 19.8 Å². The van der Waals surface area contributed by atoms with Gasteiger partial charge in [0.15, 0.2) is 6.10 Å². The van der Waals surface area contributed by atoms with Crippen molar-refractivity contribution in [3.8, 4) is 0 Å². The van der Waals surface area contributed by atoms with Gasteiger partial charge in [0, 0.05) is 12.8 Å². The molecule has 0 aliphatic heterocycles. The van der Waals surface area contributed by atoms with Crippen LogP contribution in [0.4, 0.5) is 0 Å². The standard InChI is InChI=1S/C47H85O13P/c1-3-5-7-9-11-13-15-17-19-20-22-24-26-28-30-32-34-36-41(49)59-39(38-58-61(55,56)60-47-45(53)43(51)42(50)44(52)46(47)54)37-57-40(48)35-33-31-29-27-25-23-21-18-16-14-12-10-8-6-4-2/h17,19,22,24,28,30,39,42-47,50-54H,3-16,18,20-21,23,25-27,29,31-38H2,1-2H3,(H,55,56). The lowest BCUT2D eigenvalue weighted by molar-refractivity contribution is -0.220. The van der Waals surface area contributed by atoms with E-state index in [-0.39, 0.29) is 12.8 Å². The summed E-state index contributed by atoms with van der Waals surface area (Å²) in [4.78, 5) is 35.7. The van der Waals surface area contributed by atoms with Crippen molar-refractivity contribution in [2.75, 3.05) is 13.2 Å². The van der Waals surface area contributed by atoms with Crippen molar-refractivity contribution in [2.24, 2.45) is 0 Å². The molecule has 61 heavy (non-hydrogen) atoms. The molecule has 14 heteroatoms. The second kappa shape index (κ2) is 37.4. The molecule has 1 rings (SSSR count). The third kappa shape index (κ3) is 30.0. The Bertz CT molecular complexity index is 1210. The number of hydrogen-bond donors (Lipinski definition) is 6. The second-order valence-electron chi connectivity index (χ2n) is 16.6. The molecule has 1 fully saturated rings. The SMILES string of the molecule is CCCCCCCCC=CCC=CCC=CCCCC(=O)OC(COC(=O)CCCCCCCCCCCCCCCCC)COP(=O)(O)OC1C(O)C(O)C(O)C(O)C1O. The predicted molar refractivity (Wildman–Crippen MR) is 240 cm³/mol. The molecule has 0 amide bonds. The number of esters is 2. The average Bonchev–Trinajstić information content (AvgIpc) is 3.24. The Morgan fingerprint density at radius 1 is 0.508 bits per heavy atom. The third-order valence-electron chi connectivity index (χ3n) is 11.0. The van der Waals surface area contributed by atoms with Crippen LogP contribution in [0.2, 0.25) is 0 Å². The summed E-state index contributed by atoms with van der Waals surface area (Å²) in [5.74, 6) is -1.15. The first-order chi connectivity index (χ1) is 29.4. The van der Waals surface area contributed by atoms with Gasteiger partial charge in [0.2, 0.25) is 0 Å². The van der Waals surface area contributed by atoms with Crippen molar-refractivity contribution in [1.29, 1.82) is 0 Å². The van der Waals surface area contributed by atoms with E-state index in [9.17, 15) is 44.6 Å². The van der Waals surface area contributed by atoms with Crippen LogP contribution in [-0.2, 0) is 32.7 Å². The summed E-state index contributed by atoms with van der Waals surface area (Å²) in [5, 5.41) is 50.1. The van der Waals surface area contributed by atoms with E-state index < -0.39 is 75.7 Å². The zero-order valence-electron chi connectivity index (χ0n) is 37.7. The van der Waals surface area contributed by atoms with Crippen molar-refractivity contribution in [1.82, 2.24) is 0 Å². The van der Waals surface area contributed by atoms with Crippen molar-refractivity contribution < 1.29 is 63.1 Å². The van der Waals surface area contributed by atoms with E-state index in [0.29, 0.717) is 19.3 Å². The van der Waals surface area contributed by atoms with Crippen LogP contribution in [0.25, 0.3) is 0 Å². The van der Waals surface area contributed by atoms with E-state index in [1.54, 1.807) is 0 Å². The Hall–Kier alpha value is -1.93. The molecule has 0 aromatic heterocycles. The van der Waals surface area contributed by atoms with Crippen molar-refractivity contribution in [2.45, 2.75) is 236 Å². The zero-order chi connectivity index (χ0) is 45.0. The summed E-state index contributed by atoms with van der Waals surface area (Å²) < 4.78 is 33.5. The van der Waals surface area contributed by atoms with Crippen LogP contribution in [0.3, 0.4) is 0 Å². The molecule has 6 unspecified atom stereocenters. The number of rotatable bonds is 39. The lowest BCUT2D eigenvalue weighted by Crippen LogP contribution is -2.64. The highest BCUT2D eigenvalue weighted by atomic mass is 31.2. The van der Waals surface area contributed by atoms with Gasteiger partial charge in [-0.05, 0) is 44.9 Å². The number of carbonyl (C=O) groups is 2. The van der Waals surface area contributed by atoms with Crippen molar-refractivity contribution in [3.63, 3.8) is 0 Å². The van der Waals surface area contributed by atoms with Crippen LogP contribution in [0, 0.1) is 0 Å². The first-order valence-corrected chi connectivity index (χ1v) is 25.3. The molecule has 0 saturated heterocycles. The first kappa shape index (κ1) is 57.1. The monoisotopic (exact) mass is 889 g/mol. The van der Waals surface area contributed by atoms with Gasteiger partial charge in [-0.2, -0.15) is 0 Å². The maximum atomic E-state index is 12.8. The normalized spacial score (nSPS) is 22.3. The third-order valence-corrected chi connectivity index (χ3v) is 12.0. The summed E-state index contributed by atoms with van der Waals surface area (Å²) in [5.41, 5.74) is 0. The largest absolute Gasteiger partial charge is 0.472 e. The first-order valence-electron chi connectivity index (χ1n) is 23.8. The van der Waals surface area contributed by atoms with Crippen LogP contribution >= 0.6 is 7.82 Å². The quantitative estimate of drug-likeness (QED) is 0.0147. The second-order valence-corrected chi connectivity index (χ2v) is 18.0. The van der Waals surface area contributed by atoms with Gasteiger partial charge < -0.3 is 39.9 Å². The van der Waals surface area contributed by atoms with Crippen molar-refractivity contribution >= 4 is 19.8 Å². The van der Waals surface area contributed by atoms with E-state index in [4.69, 9.17) is 18.5 Å². The maximum Gasteiger partial charge on any atom is 0.472 e. The Morgan fingerprint density at radius 3 is 1.39 bits per heavy atom. The van der Waals surface area contributed by atoms with Gasteiger partial charge in [-0.3, -0.25) is 18.6 Å². The summed E-state index contributed by atoms with van der Waals surface area (Å²) in [7, 11) is -5.13. The molecular weight excluding hydrogens is 803 g/mol. The number of phosphoric acid groups is 1. The van der Waals surface area contributed by atoms with E-state index in [1.165, 1.54) is 109 Å². The lowest BCUT2D eigenvalue weighted by atomic mass is 9.85. The summed E-state index contributed by atoms with van der Waals surface area (Å²) in [6.45, 7) is 3.26. The molecule has 0 radical (unpaired) electrons. The fourth-order valence-electron chi connectivity index (χ4n) is 7.13. The highest BCUT2D eigenvalue weighted by Crippen LogP contribution is 2.47. The minimum absolute atomic E-state index is 0.0268. The predicted octanol–water partition coefficient (Wildman–Crippen LogP) is 9.39. The molecule has 1 saturated carbocycles. The topological polar surface area (TPSA) is 210 Å². The van der Waals surface area contributed by atoms with Gasteiger partial charge in [-0.1, -0.05) is 172 Å². The Morgan fingerprint density at radius 2 is 0.902 bits per heavy atom. The number of hydrogen-bond acceptors (Lipinski definition) is 12. The summed E-state index contributed by atoms with van der Waals surface area (Å²) in [6.07, 6.45) is 29.2. The number of carbonyl (C=O) groups excluding carboxylic acids is 2. The molecule has 0 heterocycles. The number of aliphatic hydroxyl groups excluding tert-OH is 5. The van der Waals surface area contributed by atoms with Gasteiger partial charge in [0.25, 0.3) is 0 Å². The number of aliphatic hydroxyl groups is 5. The molecule has 6 N–H and O–H groups in total. The van der Waals surface area contributed by atoms with Gasteiger partial charge in [-0.25, -0.2) is 4.57 Å². The average molecular weight is 889 g/mol. The Balaban J connectivity index is 2.49. The molecule has 356 valence electrons. The van der Waals surface area contributed by atoms with Crippen molar-refractivity contribution in [3.05, 3.63) is 36.5 Å². The minimum atomic E-state index is -5.13. The van der Waals surface area contributed by atoms with Crippen LogP contribution in [-0.4, -0.2) is 98.3 Å². The van der Waals surface area contributed by atoms with Gasteiger partial charge in [0.1, 0.15) is 43.2 Å². The smallest absolute Gasteiger partial charge is 0.462 e. The van der Waals surface area contributed by atoms with Gasteiger partial charge in [0.05, 0.1) is 6.61 Å². The fourth-order valence-corrected chi connectivity index (χ4v) is 8.10. The summed E-state index contributed by atoms with van der Waals surface area (Å²) >= 11 is 0. The van der Waals surface area contributed by atoms with Crippen LogP contribution < -0.4 is 0 Å². The lowest BCUT2D eigenvalue weighted by Gasteiger charge is -2.41. The molecular formula is C47H85O13P.